The van der Waals surface area contributed by atoms with Crippen molar-refractivity contribution >= 4 is 44.2 Å². The highest BCUT2D eigenvalue weighted by Crippen LogP contribution is 2.36. The van der Waals surface area contributed by atoms with E-state index in [1.165, 1.54) is 12.8 Å². The Bertz CT molecular complexity index is 1360. The lowest BCUT2D eigenvalue weighted by Gasteiger charge is -2.33. The third kappa shape index (κ3) is 3.71. The summed E-state index contributed by atoms with van der Waals surface area (Å²) >= 11 is 3.84. The third-order valence-corrected chi connectivity index (χ3v) is 7.73. The highest BCUT2D eigenvalue weighted by Gasteiger charge is 2.27. The number of anilines is 2. The van der Waals surface area contributed by atoms with Crippen LogP contribution in [0.25, 0.3) is 28.1 Å². The van der Waals surface area contributed by atoms with Crippen molar-refractivity contribution < 1.29 is 4.74 Å². The van der Waals surface area contributed by atoms with Crippen molar-refractivity contribution in [3.63, 3.8) is 0 Å². The molecule has 2 saturated heterocycles. The third-order valence-electron chi connectivity index (χ3n) is 7.00. The summed E-state index contributed by atoms with van der Waals surface area (Å²) in [5, 5.41) is 5.05. The molecular weight excluding hydrogens is 494 g/mol. The van der Waals surface area contributed by atoms with Crippen LogP contribution >= 0.6 is 15.9 Å². The number of fused-ring (bicyclic) bond motifs is 2. The maximum absolute atomic E-state index is 5.62. The molecule has 0 unspecified atom stereocenters. The number of aryl methyl sites for hydroxylation is 1. The van der Waals surface area contributed by atoms with E-state index in [4.69, 9.17) is 24.8 Å². The Kier molecular flexibility index (Phi) is 5.61. The number of rotatable bonds is 4. The van der Waals surface area contributed by atoms with Crippen molar-refractivity contribution in [1.82, 2.24) is 24.6 Å². The molecule has 1 aromatic carbocycles. The van der Waals surface area contributed by atoms with Gasteiger partial charge in [-0.1, -0.05) is 12.1 Å². The Labute approximate surface area is 207 Å². The number of ether oxygens (including phenoxy) is 1. The second-order valence-corrected chi connectivity index (χ2v) is 9.96. The molecule has 2 aliphatic rings. The molecule has 0 saturated carbocycles. The van der Waals surface area contributed by atoms with E-state index >= 15 is 0 Å². The fraction of sp³-hybridized carbons (Fsp3) is 0.440. The van der Waals surface area contributed by atoms with Crippen LogP contribution in [-0.2, 0) is 4.74 Å². The number of halogens is 1. The molecule has 0 aliphatic carbocycles. The van der Waals surface area contributed by atoms with E-state index in [1.807, 2.05) is 35.7 Å². The quantitative estimate of drug-likeness (QED) is 0.387. The van der Waals surface area contributed by atoms with E-state index in [-0.39, 0.29) is 0 Å². The van der Waals surface area contributed by atoms with Crippen molar-refractivity contribution in [3.8, 4) is 11.4 Å². The summed E-state index contributed by atoms with van der Waals surface area (Å²) < 4.78 is 8.43. The number of hydrogen-bond acceptors (Lipinski definition) is 7. The number of hydrogen-bond donors (Lipinski definition) is 0. The molecule has 0 atom stereocenters. The minimum atomic E-state index is 0.402. The summed E-state index contributed by atoms with van der Waals surface area (Å²) in [6.07, 6.45) is 4.42. The van der Waals surface area contributed by atoms with Crippen LogP contribution in [0.3, 0.4) is 0 Å². The topological polar surface area (TPSA) is 71.7 Å². The molecule has 2 fully saturated rings. The fourth-order valence-corrected chi connectivity index (χ4v) is 5.57. The predicted molar refractivity (Wildman–Crippen MR) is 138 cm³/mol. The smallest absolute Gasteiger partial charge is 0.174 e. The number of nitrogens with zero attached hydrogens (tertiary/aromatic N) is 7. The van der Waals surface area contributed by atoms with Gasteiger partial charge in [-0.2, -0.15) is 9.61 Å². The molecule has 8 nitrogen and oxygen atoms in total. The molecule has 5 heterocycles. The summed E-state index contributed by atoms with van der Waals surface area (Å²) in [7, 11) is 2.16. The average Bonchev–Trinajstić information content (AvgIpc) is 3.52. The van der Waals surface area contributed by atoms with Gasteiger partial charge >= 0.3 is 0 Å². The molecule has 6 rings (SSSR count). The number of para-hydroxylation sites is 2. The van der Waals surface area contributed by atoms with Gasteiger partial charge in [0.2, 0.25) is 0 Å². The van der Waals surface area contributed by atoms with E-state index in [0.29, 0.717) is 6.04 Å². The Morgan fingerprint density at radius 2 is 1.71 bits per heavy atom. The molecule has 3 aromatic heterocycles. The van der Waals surface area contributed by atoms with Gasteiger partial charge in [-0.05, 0) is 60.7 Å². The van der Waals surface area contributed by atoms with Crippen LogP contribution in [0.5, 0.6) is 0 Å². The lowest BCUT2D eigenvalue weighted by molar-refractivity contribution is 0.0853. The Morgan fingerprint density at radius 1 is 1.00 bits per heavy atom. The van der Waals surface area contributed by atoms with Gasteiger partial charge in [0.05, 0.1) is 21.2 Å². The van der Waals surface area contributed by atoms with Crippen LogP contribution in [0.15, 0.2) is 34.8 Å². The highest BCUT2D eigenvalue weighted by atomic mass is 79.9. The molecule has 0 amide bonds. The molecule has 0 bridgehead atoms. The molecule has 34 heavy (non-hydrogen) atoms. The van der Waals surface area contributed by atoms with Gasteiger partial charge in [-0.3, -0.25) is 0 Å². The van der Waals surface area contributed by atoms with Gasteiger partial charge in [0.25, 0.3) is 0 Å². The van der Waals surface area contributed by atoms with E-state index < -0.39 is 0 Å². The van der Waals surface area contributed by atoms with Crippen molar-refractivity contribution in [2.75, 3.05) is 43.2 Å². The molecule has 2 aliphatic heterocycles. The molecule has 0 spiro atoms. The average molecular weight is 522 g/mol. The molecule has 9 heteroatoms. The maximum Gasteiger partial charge on any atom is 0.174 e. The van der Waals surface area contributed by atoms with Gasteiger partial charge in [-0.15, -0.1) is 0 Å². The zero-order valence-corrected chi connectivity index (χ0v) is 21.1. The Morgan fingerprint density at radius 3 is 2.44 bits per heavy atom. The molecule has 0 radical (unpaired) electrons. The molecular formula is C25H28BrN7O. The lowest BCUT2D eigenvalue weighted by atomic mass is 10.1. The first-order chi connectivity index (χ1) is 16.6. The van der Waals surface area contributed by atoms with Gasteiger partial charge in [-0.25, -0.2) is 15.0 Å². The van der Waals surface area contributed by atoms with E-state index in [1.54, 1.807) is 0 Å². The summed E-state index contributed by atoms with van der Waals surface area (Å²) in [6, 6.07) is 10.5. The summed E-state index contributed by atoms with van der Waals surface area (Å²) in [5.41, 5.74) is 4.95. The van der Waals surface area contributed by atoms with Crippen LogP contribution in [0.4, 0.5) is 11.6 Å². The van der Waals surface area contributed by atoms with Gasteiger partial charge in [0.1, 0.15) is 23.0 Å². The molecule has 176 valence electrons. The first kappa shape index (κ1) is 21.7. The normalized spacial score (nSPS) is 17.2. The van der Waals surface area contributed by atoms with Crippen molar-refractivity contribution in [3.05, 3.63) is 40.5 Å². The Hall–Kier alpha value is -2.78. The van der Waals surface area contributed by atoms with Gasteiger partial charge < -0.3 is 14.5 Å². The SMILES string of the molecule is Cc1nc2ccccc2nc1-c1nn2c(N(C)C3CCOCC3)cc(N3CCCC3)nc2c1Br. The van der Waals surface area contributed by atoms with E-state index in [0.717, 1.165) is 89.0 Å². The number of benzene rings is 1. The molecule has 4 aromatic rings. The second-order valence-electron chi connectivity index (χ2n) is 9.17. The largest absolute Gasteiger partial charge is 0.381 e. The standard InChI is InChI=1S/C25H28BrN7O/c1-16-23(28-19-8-4-3-7-18(19)27-16)24-22(26)25-29-20(32-11-5-6-12-32)15-21(33(25)30-24)31(2)17-9-13-34-14-10-17/h3-4,7-8,15,17H,5-6,9-14H2,1-2H3. The van der Waals surface area contributed by atoms with Crippen LogP contribution in [-0.4, -0.2) is 64.0 Å². The van der Waals surface area contributed by atoms with Gasteiger partial charge in [0, 0.05) is 45.5 Å². The fourth-order valence-electron chi connectivity index (χ4n) is 5.05. The minimum absolute atomic E-state index is 0.402. The Balaban J connectivity index is 1.53. The van der Waals surface area contributed by atoms with Crippen molar-refractivity contribution in [2.24, 2.45) is 0 Å². The monoisotopic (exact) mass is 521 g/mol. The summed E-state index contributed by atoms with van der Waals surface area (Å²) in [4.78, 5) is 19.5. The van der Waals surface area contributed by atoms with E-state index in [2.05, 4.69) is 38.8 Å². The predicted octanol–water partition coefficient (Wildman–Crippen LogP) is 4.63. The van der Waals surface area contributed by atoms with Gasteiger partial charge in [0.15, 0.2) is 5.65 Å². The summed E-state index contributed by atoms with van der Waals surface area (Å²) in [6.45, 7) is 5.66. The first-order valence-electron chi connectivity index (χ1n) is 12.0. The first-order valence-corrected chi connectivity index (χ1v) is 12.8. The van der Waals surface area contributed by atoms with E-state index in [9.17, 15) is 0 Å². The van der Waals surface area contributed by atoms with Crippen LogP contribution < -0.4 is 9.80 Å². The maximum atomic E-state index is 5.62. The highest BCUT2D eigenvalue weighted by molar-refractivity contribution is 9.10. The second kappa shape index (κ2) is 8.78. The van der Waals surface area contributed by atoms with Crippen LogP contribution in [0.2, 0.25) is 0 Å². The summed E-state index contributed by atoms with van der Waals surface area (Å²) in [5.74, 6) is 2.05. The van der Waals surface area contributed by atoms with Crippen LogP contribution in [0.1, 0.15) is 31.4 Å². The van der Waals surface area contributed by atoms with Crippen molar-refractivity contribution in [2.45, 2.75) is 38.6 Å². The van der Waals surface area contributed by atoms with Crippen LogP contribution in [0, 0.1) is 6.92 Å². The zero-order valence-electron chi connectivity index (χ0n) is 19.5. The zero-order chi connectivity index (χ0) is 23.2. The minimum Gasteiger partial charge on any atom is -0.381 e. The van der Waals surface area contributed by atoms with Crippen molar-refractivity contribution in [1.29, 1.82) is 0 Å². The number of aromatic nitrogens is 5. The lowest BCUT2D eigenvalue weighted by Crippen LogP contribution is -2.38. The molecule has 0 N–H and O–H groups in total.